The Morgan fingerprint density at radius 2 is 2.07 bits per heavy atom. The van der Waals surface area contributed by atoms with Crippen LogP contribution in [0.25, 0.3) is 0 Å². The van der Waals surface area contributed by atoms with E-state index in [1.54, 1.807) is 6.92 Å². The molecule has 0 unspecified atom stereocenters. The van der Waals surface area contributed by atoms with Gasteiger partial charge >= 0.3 is 0 Å². The molecule has 0 atom stereocenters. The van der Waals surface area contributed by atoms with E-state index in [-0.39, 0.29) is 11.7 Å². The molecule has 0 bridgehead atoms. The van der Waals surface area contributed by atoms with Crippen molar-refractivity contribution in [2.45, 2.75) is 11.8 Å². The molecule has 0 spiro atoms. The zero-order valence-corrected chi connectivity index (χ0v) is 8.85. The van der Waals surface area contributed by atoms with Gasteiger partial charge in [-0.2, -0.15) is 0 Å². The summed E-state index contributed by atoms with van der Waals surface area (Å²) in [6.07, 6.45) is 0. The van der Waals surface area contributed by atoms with Crippen molar-refractivity contribution >= 4 is 19.7 Å². The Morgan fingerprint density at radius 3 is 2.71 bits per heavy atom. The largest absolute Gasteiger partial charge is 0.454 e. The van der Waals surface area contributed by atoms with E-state index in [1.807, 2.05) is 0 Å². The van der Waals surface area contributed by atoms with E-state index in [9.17, 15) is 8.42 Å². The third kappa shape index (κ3) is 1.53. The van der Waals surface area contributed by atoms with E-state index in [0.29, 0.717) is 17.1 Å². The standard InChI is InChI=1S/C8H7ClO4S/c1-5-2-6(14(9,10)11)3-7-8(5)13-4-12-7/h2-3H,4H2,1H3. The van der Waals surface area contributed by atoms with E-state index < -0.39 is 9.05 Å². The quantitative estimate of drug-likeness (QED) is 0.694. The first kappa shape index (κ1) is 9.61. The lowest BCUT2D eigenvalue weighted by atomic mass is 10.2. The van der Waals surface area contributed by atoms with Gasteiger partial charge in [-0.05, 0) is 18.6 Å². The van der Waals surface area contributed by atoms with Gasteiger partial charge < -0.3 is 9.47 Å². The summed E-state index contributed by atoms with van der Waals surface area (Å²) in [5.41, 5.74) is 0.694. The number of halogens is 1. The number of fused-ring (bicyclic) bond motifs is 1. The van der Waals surface area contributed by atoms with Crippen LogP contribution in [0.5, 0.6) is 11.5 Å². The predicted molar refractivity (Wildman–Crippen MR) is 50.3 cm³/mol. The van der Waals surface area contributed by atoms with Crippen molar-refractivity contribution in [3.05, 3.63) is 17.7 Å². The molecule has 0 aromatic heterocycles. The van der Waals surface area contributed by atoms with Gasteiger partial charge in [-0.1, -0.05) is 0 Å². The van der Waals surface area contributed by atoms with Crippen LogP contribution >= 0.6 is 10.7 Å². The summed E-state index contributed by atoms with van der Waals surface area (Å²) in [5.74, 6) is 0.998. The van der Waals surface area contributed by atoms with E-state index in [0.717, 1.165) is 0 Å². The molecule has 2 rings (SSSR count). The van der Waals surface area contributed by atoms with Crippen LogP contribution in [-0.2, 0) is 9.05 Å². The third-order valence-corrected chi connectivity index (χ3v) is 3.25. The summed E-state index contributed by atoms with van der Waals surface area (Å²) < 4.78 is 32.3. The molecule has 1 heterocycles. The van der Waals surface area contributed by atoms with E-state index >= 15 is 0 Å². The van der Waals surface area contributed by atoms with Gasteiger partial charge in [0.2, 0.25) is 6.79 Å². The van der Waals surface area contributed by atoms with E-state index in [2.05, 4.69) is 0 Å². The molecule has 0 radical (unpaired) electrons. The molecule has 0 aliphatic carbocycles. The molecular weight excluding hydrogens is 228 g/mol. The maximum Gasteiger partial charge on any atom is 0.261 e. The minimum absolute atomic E-state index is 0.0286. The van der Waals surface area contributed by atoms with Crippen LogP contribution < -0.4 is 9.47 Å². The second-order valence-corrected chi connectivity index (χ2v) is 5.48. The van der Waals surface area contributed by atoms with Crippen molar-refractivity contribution in [1.29, 1.82) is 0 Å². The normalized spacial score (nSPS) is 14.4. The summed E-state index contributed by atoms with van der Waals surface area (Å²) in [6, 6.07) is 2.81. The average Bonchev–Trinajstić information content (AvgIpc) is 2.50. The summed E-state index contributed by atoms with van der Waals surface area (Å²) in [7, 11) is 1.50. The highest BCUT2D eigenvalue weighted by molar-refractivity contribution is 8.13. The van der Waals surface area contributed by atoms with Gasteiger partial charge in [-0.25, -0.2) is 8.42 Å². The van der Waals surface area contributed by atoms with Crippen LogP contribution in [-0.4, -0.2) is 15.2 Å². The third-order valence-electron chi connectivity index (χ3n) is 1.91. The molecule has 1 aromatic rings. The van der Waals surface area contributed by atoms with Crippen molar-refractivity contribution in [1.82, 2.24) is 0 Å². The van der Waals surface area contributed by atoms with Crippen LogP contribution in [0.4, 0.5) is 0 Å². The second kappa shape index (κ2) is 3.03. The second-order valence-electron chi connectivity index (χ2n) is 2.91. The molecule has 1 aliphatic heterocycles. The number of ether oxygens (including phenoxy) is 2. The highest BCUT2D eigenvalue weighted by atomic mass is 35.7. The topological polar surface area (TPSA) is 52.6 Å². The SMILES string of the molecule is Cc1cc(S(=O)(=O)Cl)cc2c1OCO2. The Kier molecular flexibility index (Phi) is 2.08. The summed E-state index contributed by atoms with van der Waals surface area (Å²) in [4.78, 5) is 0.0286. The average molecular weight is 235 g/mol. The molecule has 76 valence electrons. The first-order valence-corrected chi connectivity index (χ1v) is 6.14. The highest BCUT2D eigenvalue weighted by Gasteiger charge is 2.21. The van der Waals surface area contributed by atoms with E-state index in [4.69, 9.17) is 20.2 Å². The maximum absolute atomic E-state index is 11.1. The molecule has 0 N–H and O–H groups in total. The zero-order valence-electron chi connectivity index (χ0n) is 7.28. The van der Waals surface area contributed by atoms with Crippen molar-refractivity contribution in [3.63, 3.8) is 0 Å². The lowest BCUT2D eigenvalue weighted by molar-refractivity contribution is 0.173. The van der Waals surface area contributed by atoms with E-state index in [1.165, 1.54) is 12.1 Å². The Bertz CT molecular complexity index is 480. The molecule has 0 fully saturated rings. The van der Waals surface area contributed by atoms with Gasteiger partial charge in [-0.15, -0.1) is 0 Å². The number of rotatable bonds is 1. The first-order valence-electron chi connectivity index (χ1n) is 3.83. The van der Waals surface area contributed by atoms with Crippen molar-refractivity contribution in [2.75, 3.05) is 6.79 Å². The number of benzene rings is 1. The minimum atomic E-state index is -3.71. The van der Waals surface area contributed by atoms with Gasteiger partial charge in [0.15, 0.2) is 11.5 Å². The lowest BCUT2D eigenvalue weighted by Gasteiger charge is -2.02. The number of hydrogen-bond acceptors (Lipinski definition) is 4. The molecule has 0 amide bonds. The Labute approximate surface area is 85.8 Å². The fraction of sp³-hybridized carbons (Fsp3) is 0.250. The van der Waals surface area contributed by atoms with Gasteiger partial charge in [0.25, 0.3) is 9.05 Å². The van der Waals surface area contributed by atoms with Gasteiger partial charge in [0, 0.05) is 16.7 Å². The van der Waals surface area contributed by atoms with Gasteiger partial charge in [-0.3, -0.25) is 0 Å². The van der Waals surface area contributed by atoms with Crippen LogP contribution in [0, 0.1) is 6.92 Å². The fourth-order valence-electron chi connectivity index (χ4n) is 1.29. The van der Waals surface area contributed by atoms with Crippen molar-refractivity contribution < 1.29 is 17.9 Å². The van der Waals surface area contributed by atoms with Crippen LogP contribution in [0.1, 0.15) is 5.56 Å². The minimum Gasteiger partial charge on any atom is -0.454 e. The predicted octanol–water partition coefficient (Wildman–Crippen LogP) is 1.65. The highest BCUT2D eigenvalue weighted by Crippen LogP contribution is 2.38. The smallest absolute Gasteiger partial charge is 0.261 e. The van der Waals surface area contributed by atoms with Crippen molar-refractivity contribution in [3.8, 4) is 11.5 Å². The number of hydrogen-bond donors (Lipinski definition) is 0. The van der Waals surface area contributed by atoms with Gasteiger partial charge in [0.1, 0.15) is 0 Å². The molecule has 1 aliphatic rings. The lowest BCUT2D eigenvalue weighted by Crippen LogP contribution is -1.93. The zero-order chi connectivity index (χ0) is 10.3. The van der Waals surface area contributed by atoms with Crippen molar-refractivity contribution in [2.24, 2.45) is 0 Å². The van der Waals surface area contributed by atoms with Crippen LogP contribution in [0.15, 0.2) is 17.0 Å². The number of aryl methyl sites for hydroxylation is 1. The summed E-state index contributed by atoms with van der Waals surface area (Å²) in [6.45, 7) is 1.85. The monoisotopic (exact) mass is 234 g/mol. The maximum atomic E-state index is 11.1. The fourth-order valence-corrected chi connectivity index (χ4v) is 2.13. The molecule has 6 heteroatoms. The summed E-state index contributed by atoms with van der Waals surface area (Å²) >= 11 is 0. The Hall–Kier alpha value is -0.940. The van der Waals surface area contributed by atoms with Crippen LogP contribution in [0.3, 0.4) is 0 Å². The molecule has 14 heavy (non-hydrogen) atoms. The molecule has 0 saturated carbocycles. The Morgan fingerprint density at radius 1 is 1.36 bits per heavy atom. The molecule has 4 nitrogen and oxygen atoms in total. The summed E-state index contributed by atoms with van der Waals surface area (Å²) in [5, 5.41) is 0. The molecular formula is C8H7ClO4S. The Balaban J connectivity index is 2.64. The first-order chi connectivity index (χ1) is 6.48. The van der Waals surface area contributed by atoms with Gasteiger partial charge in [0.05, 0.1) is 4.90 Å². The molecule has 1 aromatic carbocycles. The van der Waals surface area contributed by atoms with Crippen LogP contribution in [0.2, 0.25) is 0 Å². The molecule has 0 saturated heterocycles.